The SMILES string of the molecule is C=CCS(=O)(=O)N1CC(CC)NCC1CC. The van der Waals surface area contributed by atoms with Gasteiger partial charge in [-0.2, -0.15) is 4.31 Å². The van der Waals surface area contributed by atoms with Crippen LogP contribution in [0, 0.1) is 0 Å². The minimum absolute atomic E-state index is 0.0416. The van der Waals surface area contributed by atoms with Crippen LogP contribution in [0.4, 0.5) is 0 Å². The largest absolute Gasteiger partial charge is 0.311 e. The zero-order valence-corrected chi connectivity index (χ0v) is 11.0. The molecule has 0 aromatic heterocycles. The van der Waals surface area contributed by atoms with Gasteiger partial charge in [0.25, 0.3) is 0 Å². The van der Waals surface area contributed by atoms with Crippen molar-refractivity contribution in [3.05, 3.63) is 12.7 Å². The van der Waals surface area contributed by atoms with E-state index in [1.807, 2.05) is 6.92 Å². The standard InChI is InChI=1S/C11H22N2O2S/c1-4-7-16(14,15)13-9-10(5-2)12-8-11(13)6-3/h4,10-12H,1,5-9H2,2-3H3. The molecule has 0 spiro atoms. The van der Waals surface area contributed by atoms with Crippen LogP contribution in [0.5, 0.6) is 0 Å². The quantitative estimate of drug-likeness (QED) is 0.735. The van der Waals surface area contributed by atoms with Gasteiger partial charge in [-0.25, -0.2) is 8.42 Å². The summed E-state index contributed by atoms with van der Waals surface area (Å²) in [6.07, 6.45) is 3.27. The molecule has 5 heteroatoms. The van der Waals surface area contributed by atoms with E-state index in [2.05, 4.69) is 18.8 Å². The van der Waals surface area contributed by atoms with Crippen LogP contribution in [0.1, 0.15) is 26.7 Å². The molecular formula is C11H22N2O2S. The van der Waals surface area contributed by atoms with Crippen LogP contribution in [0.2, 0.25) is 0 Å². The van der Waals surface area contributed by atoms with Gasteiger partial charge in [0.05, 0.1) is 5.75 Å². The van der Waals surface area contributed by atoms with Gasteiger partial charge in [0.1, 0.15) is 0 Å². The third kappa shape index (κ3) is 3.06. The number of nitrogens with one attached hydrogen (secondary N) is 1. The molecule has 2 atom stereocenters. The lowest BCUT2D eigenvalue weighted by atomic mass is 10.1. The van der Waals surface area contributed by atoms with Crippen LogP contribution >= 0.6 is 0 Å². The predicted octanol–water partition coefficient (Wildman–Crippen LogP) is 0.965. The summed E-state index contributed by atoms with van der Waals surface area (Å²) in [5, 5.41) is 3.38. The van der Waals surface area contributed by atoms with Gasteiger partial charge in [0.2, 0.25) is 10.0 Å². The Hall–Kier alpha value is -0.390. The lowest BCUT2D eigenvalue weighted by molar-refractivity contribution is 0.216. The monoisotopic (exact) mass is 246 g/mol. The molecule has 1 fully saturated rings. The maximum Gasteiger partial charge on any atom is 0.218 e. The Morgan fingerprint density at radius 1 is 1.44 bits per heavy atom. The maximum absolute atomic E-state index is 12.0. The van der Waals surface area contributed by atoms with Crippen molar-refractivity contribution >= 4 is 10.0 Å². The van der Waals surface area contributed by atoms with E-state index in [1.54, 1.807) is 4.31 Å². The summed E-state index contributed by atoms with van der Waals surface area (Å²) in [5.74, 6) is 0.0416. The number of sulfonamides is 1. The molecule has 1 heterocycles. The minimum atomic E-state index is -3.16. The van der Waals surface area contributed by atoms with E-state index in [0.29, 0.717) is 6.54 Å². The average Bonchev–Trinajstić information content (AvgIpc) is 2.28. The van der Waals surface area contributed by atoms with Gasteiger partial charge in [-0.1, -0.05) is 19.9 Å². The zero-order valence-electron chi connectivity index (χ0n) is 10.1. The van der Waals surface area contributed by atoms with E-state index in [-0.39, 0.29) is 17.8 Å². The van der Waals surface area contributed by atoms with Crippen molar-refractivity contribution in [1.82, 2.24) is 9.62 Å². The molecule has 1 aliphatic rings. The van der Waals surface area contributed by atoms with Crippen molar-refractivity contribution < 1.29 is 8.42 Å². The van der Waals surface area contributed by atoms with Gasteiger partial charge in [-0.3, -0.25) is 0 Å². The summed E-state index contributed by atoms with van der Waals surface area (Å²) < 4.78 is 25.7. The Labute approximate surface area is 98.8 Å². The molecule has 0 bridgehead atoms. The second-order valence-electron chi connectivity index (χ2n) is 4.21. The van der Waals surface area contributed by atoms with Crippen molar-refractivity contribution in [1.29, 1.82) is 0 Å². The summed E-state index contributed by atoms with van der Waals surface area (Å²) in [7, 11) is -3.16. The third-order valence-electron chi connectivity index (χ3n) is 3.10. The van der Waals surface area contributed by atoms with Crippen molar-refractivity contribution in [2.24, 2.45) is 0 Å². The van der Waals surface area contributed by atoms with E-state index in [9.17, 15) is 8.42 Å². The molecule has 1 rings (SSSR count). The molecular weight excluding hydrogens is 224 g/mol. The summed E-state index contributed by atoms with van der Waals surface area (Å²) in [6.45, 7) is 8.95. The molecule has 94 valence electrons. The summed E-state index contributed by atoms with van der Waals surface area (Å²) in [5.41, 5.74) is 0. The topological polar surface area (TPSA) is 49.4 Å². The number of rotatable bonds is 5. The fraction of sp³-hybridized carbons (Fsp3) is 0.818. The van der Waals surface area contributed by atoms with Gasteiger partial charge >= 0.3 is 0 Å². The smallest absolute Gasteiger partial charge is 0.218 e. The van der Waals surface area contributed by atoms with Crippen LogP contribution in [-0.4, -0.2) is 43.6 Å². The highest BCUT2D eigenvalue weighted by Crippen LogP contribution is 2.16. The molecule has 4 nitrogen and oxygen atoms in total. The normalized spacial score (nSPS) is 27.9. The van der Waals surface area contributed by atoms with Crippen molar-refractivity contribution in [2.45, 2.75) is 38.8 Å². The first kappa shape index (κ1) is 13.7. The predicted molar refractivity (Wildman–Crippen MR) is 66.9 cm³/mol. The molecule has 0 radical (unpaired) electrons. The first-order valence-electron chi connectivity index (χ1n) is 5.88. The summed E-state index contributed by atoms with van der Waals surface area (Å²) in [4.78, 5) is 0. The Bertz CT molecular complexity index is 327. The van der Waals surface area contributed by atoms with Crippen LogP contribution in [0.15, 0.2) is 12.7 Å². The lowest BCUT2D eigenvalue weighted by Crippen LogP contribution is -2.58. The molecule has 0 amide bonds. The van der Waals surface area contributed by atoms with E-state index in [0.717, 1.165) is 19.4 Å². The van der Waals surface area contributed by atoms with Crippen molar-refractivity contribution in [3.8, 4) is 0 Å². The maximum atomic E-state index is 12.0. The first-order chi connectivity index (χ1) is 7.55. The third-order valence-corrected chi connectivity index (χ3v) is 4.92. The van der Waals surface area contributed by atoms with Crippen molar-refractivity contribution in [2.75, 3.05) is 18.8 Å². The van der Waals surface area contributed by atoms with E-state index in [1.165, 1.54) is 6.08 Å². The number of hydrogen-bond donors (Lipinski definition) is 1. The second-order valence-corrected chi connectivity index (χ2v) is 6.18. The Balaban J connectivity index is 2.83. The van der Waals surface area contributed by atoms with Crippen LogP contribution < -0.4 is 5.32 Å². The van der Waals surface area contributed by atoms with Gasteiger partial charge in [-0.05, 0) is 12.8 Å². The Morgan fingerprint density at radius 2 is 2.12 bits per heavy atom. The van der Waals surface area contributed by atoms with Crippen LogP contribution in [-0.2, 0) is 10.0 Å². The molecule has 2 unspecified atom stereocenters. The highest BCUT2D eigenvalue weighted by molar-refractivity contribution is 7.89. The van der Waals surface area contributed by atoms with Crippen LogP contribution in [0.3, 0.4) is 0 Å². The van der Waals surface area contributed by atoms with Gasteiger partial charge in [-0.15, -0.1) is 6.58 Å². The van der Waals surface area contributed by atoms with Gasteiger partial charge in [0.15, 0.2) is 0 Å². The molecule has 0 aliphatic carbocycles. The highest BCUT2D eigenvalue weighted by Gasteiger charge is 2.33. The second kappa shape index (κ2) is 5.80. The molecule has 1 N–H and O–H groups in total. The molecule has 16 heavy (non-hydrogen) atoms. The number of piperazine rings is 1. The molecule has 0 aromatic carbocycles. The van der Waals surface area contributed by atoms with E-state index in [4.69, 9.17) is 0 Å². The van der Waals surface area contributed by atoms with Crippen LogP contribution in [0.25, 0.3) is 0 Å². The average molecular weight is 246 g/mol. The fourth-order valence-electron chi connectivity index (χ4n) is 2.04. The minimum Gasteiger partial charge on any atom is -0.311 e. The molecule has 1 aliphatic heterocycles. The molecule has 1 saturated heterocycles. The highest BCUT2D eigenvalue weighted by atomic mass is 32.2. The zero-order chi connectivity index (χ0) is 12.2. The fourth-order valence-corrected chi connectivity index (χ4v) is 3.62. The van der Waals surface area contributed by atoms with Gasteiger partial charge < -0.3 is 5.32 Å². The molecule has 0 aromatic rings. The lowest BCUT2D eigenvalue weighted by Gasteiger charge is -2.38. The van der Waals surface area contributed by atoms with E-state index >= 15 is 0 Å². The Kier molecular flexibility index (Phi) is 4.95. The number of hydrogen-bond acceptors (Lipinski definition) is 3. The van der Waals surface area contributed by atoms with Gasteiger partial charge in [0, 0.05) is 25.2 Å². The molecule has 0 saturated carbocycles. The van der Waals surface area contributed by atoms with Crippen molar-refractivity contribution in [3.63, 3.8) is 0 Å². The summed E-state index contributed by atoms with van der Waals surface area (Å²) >= 11 is 0. The van der Waals surface area contributed by atoms with E-state index < -0.39 is 10.0 Å². The number of nitrogens with zero attached hydrogens (tertiary/aromatic N) is 1. The summed E-state index contributed by atoms with van der Waals surface area (Å²) in [6, 6.07) is 0.371. The first-order valence-corrected chi connectivity index (χ1v) is 7.49. The Morgan fingerprint density at radius 3 is 2.62 bits per heavy atom.